The van der Waals surface area contributed by atoms with Gasteiger partial charge in [0.05, 0.1) is 5.56 Å². The predicted molar refractivity (Wildman–Crippen MR) is 82.4 cm³/mol. The van der Waals surface area contributed by atoms with Gasteiger partial charge in [0.2, 0.25) is 0 Å². The molecule has 0 aliphatic rings. The molecule has 0 aliphatic heterocycles. The van der Waals surface area contributed by atoms with Gasteiger partial charge in [-0.15, -0.1) is 0 Å². The van der Waals surface area contributed by atoms with Gasteiger partial charge in [-0.1, -0.05) is 28.1 Å². The fourth-order valence-electron chi connectivity index (χ4n) is 1.80. The quantitative estimate of drug-likeness (QED) is 0.825. The van der Waals surface area contributed by atoms with Crippen LogP contribution in [0.4, 0.5) is 11.4 Å². The van der Waals surface area contributed by atoms with Crippen molar-refractivity contribution >= 4 is 33.2 Å². The zero-order chi connectivity index (χ0) is 14.0. The van der Waals surface area contributed by atoms with Crippen molar-refractivity contribution in [2.45, 2.75) is 13.8 Å². The molecule has 1 amide bonds. The number of nitrogens with two attached hydrogens (primary N) is 1. The van der Waals surface area contributed by atoms with Gasteiger partial charge in [-0.3, -0.25) is 4.79 Å². The summed E-state index contributed by atoms with van der Waals surface area (Å²) in [5.74, 6) is -0.196. The topological polar surface area (TPSA) is 55.1 Å². The third-order valence-electron chi connectivity index (χ3n) is 2.90. The summed E-state index contributed by atoms with van der Waals surface area (Å²) >= 11 is 3.32. The first-order valence-electron chi connectivity index (χ1n) is 5.91. The van der Waals surface area contributed by atoms with Crippen LogP contribution < -0.4 is 11.1 Å². The van der Waals surface area contributed by atoms with Gasteiger partial charge in [0.15, 0.2) is 0 Å². The fraction of sp³-hybridized carbons (Fsp3) is 0.133. The second-order valence-corrected chi connectivity index (χ2v) is 5.42. The molecule has 0 aliphatic carbocycles. The first kappa shape index (κ1) is 13.6. The van der Waals surface area contributed by atoms with Crippen LogP contribution >= 0.6 is 15.9 Å². The van der Waals surface area contributed by atoms with E-state index >= 15 is 0 Å². The van der Waals surface area contributed by atoms with E-state index in [-0.39, 0.29) is 5.91 Å². The lowest BCUT2D eigenvalue weighted by Gasteiger charge is -2.11. The van der Waals surface area contributed by atoms with E-state index in [2.05, 4.69) is 21.2 Å². The number of nitrogens with one attached hydrogen (secondary N) is 1. The van der Waals surface area contributed by atoms with Gasteiger partial charge in [-0.05, 0) is 49.2 Å². The molecule has 0 heterocycles. The molecule has 0 spiro atoms. The van der Waals surface area contributed by atoms with Gasteiger partial charge in [0, 0.05) is 15.8 Å². The number of benzene rings is 2. The normalized spacial score (nSPS) is 10.3. The first-order chi connectivity index (χ1) is 8.97. The largest absolute Gasteiger partial charge is 0.398 e. The average Bonchev–Trinajstić information content (AvgIpc) is 2.33. The van der Waals surface area contributed by atoms with Crippen molar-refractivity contribution in [1.29, 1.82) is 0 Å². The lowest BCUT2D eigenvalue weighted by Crippen LogP contribution is -2.14. The number of carbonyl (C=O) groups excluding carboxylic acids is 1. The minimum Gasteiger partial charge on any atom is -0.398 e. The maximum absolute atomic E-state index is 12.2. The lowest BCUT2D eigenvalue weighted by molar-refractivity contribution is 0.102. The van der Waals surface area contributed by atoms with E-state index < -0.39 is 0 Å². The van der Waals surface area contributed by atoms with Crippen LogP contribution in [-0.4, -0.2) is 5.91 Å². The Balaban J connectivity index is 2.28. The van der Waals surface area contributed by atoms with Crippen molar-refractivity contribution in [3.8, 4) is 0 Å². The zero-order valence-corrected chi connectivity index (χ0v) is 12.4. The number of halogens is 1. The number of hydrogen-bond donors (Lipinski definition) is 2. The number of rotatable bonds is 2. The van der Waals surface area contributed by atoms with Crippen LogP contribution in [0.5, 0.6) is 0 Å². The third kappa shape index (κ3) is 3.15. The number of amides is 1. The highest BCUT2D eigenvalue weighted by Gasteiger charge is 2.11. The maximum atomic E-state index is 12.2. The Kier molecular flexibility index (Phi) is 3.90. The molecule has 0 atom stereocenters. The van der Waals surface area contributed by atoms with E-state index in [4.69, 9.17) is 5.73 Å². The van der Waals surface area contributed by atoms with Crippen molar-refractivity contribution in [2.75, 3.05) is 11.1 Å². The van der Waals surface area contributed by atoms with Crippen LogP contribution in [0.1, 0.15) is 21.5 Å². The number of aryl methyl sites for hydroxylation is 2. The number of nitrogen functional groups attached to an aromatic ring is 1. The molecule has 98 valence electrons. The molecule has 19 heavy (non-hydrogen) atoms. The molecule has 0 saturated carbocycles. The number of carbonyl (C=O) groups is 1. The second-order valence-electron chi connectivity index (χ2n) is 4.50. The summed E-state index contributed by atoms with van der Waals surface area (Å²) in [6.45, 7) is 3.95. The molecular weight excluding hydrogens is 304 g/mol. The second kappa shape index (κ2) is 5.45. The van der Waals surface area contributed by atoms with Crippen LogP contribution in [-0.2, 0) is 0 Å². The van der Waals surface area contributed by atoms with Gasteiger partial charge in [0.1, 0.15) is 0 Å². The van der Waals surface area contributed by atoms with E-state index in [1.165, 1.54) is 0 Å². The molecule has 0 bridgehead atoms. The van der Waals surface area contributed by atoms with Crippen molar-refractivity contribution in [2.24, 2.45) is 0 Å². The highest BCUT2D eigenvalue weighted by molar-refractivity contribution is 9.10. The third-order valence-corrected chi connectivity index (χ3v) is 3.39. The molecule has 4 heteroatoms. The predicted octanol–water partition coefficient (Wildman–Crippen LogP) is 3.90. The van der Waals surface area contributed by atoms with Gasteiger partial charge >= 0.3 is 0 Å². The minimum absolute atomic E-state index is 0.196. The standard InChI is InChI=1S/C15H15BrN2O/c1-9-3-4-10(2)14(7-9)18-15(19)12-6-5-11(16)8-13(12)17/h3-8H,17H2,1-2H3,(H,18,19). The van der Waals surface area contributed by atoms with Gasteiger partial charge in [-0.2, -0.15) is 0 Å². The number of hydrogen-bond acceptors (Lipinski definition) is 2. The Morgan fingerprint density at radius 2 is 1.89 bits per heavy atom. The van der Waals surface area contributed by atoms with Crippen LogP contribution in [0.25, 0.3) is 0 Å². The molecule has 0 fully saturated rings. The van der Waals surface area contributed by atoms with Gasteiger partial charge in [-0.25, -0.2) is 0 Å². The van der Waals surface area contributed by atoms with Crippen LogP contribution in [0.2, 0.25) is 0 Å². The molecule has 0 radical (unpaired) electrons. The Morgan fingerprint density at radius 1 is 1.16 bits per heavy atom. The summed E-state index contributed by atoms with van der Waals surface area (Å²) in [5.41, 5.74) is 9.72. The molecule has 2 rings (SSSR count). The molecule has 3 nitrogen and oxygen atoms in total. The Labute approximate surface area is 121 Å². The molecule has 2 aromatic rings. The monoisotopic (exact) mass is 318 g/mol. The Morgan fingerprint density at radius 3 is 2.58 bits per heavy atom. The lowest BCUT2D eigenvalue weighted by atomic mass is 10.1. The van der Waals surface area contributed by atoms with Gasteiger partial charge in [0.25, 0.3) is 5.91 Å². The van der Waals surface area contributed by atoms with Crippen molar-refractivity contribution in [1.82, 2.24) is 0 Å². The summed E-state index contributed by atoms with van der Waals surface area (Å²) in [4.78, 5) is 12.2. The van der Waals surface area contributed by atoms with Crippen molar-refractivity contribution < 1.29 is 4.79 Å². The molecular formula is C15H15BrN2O. The smallest absolute Gasteiger partial charge is 0.257 e. The SMILES string of the molecule is Cc1ccc(C)c(NC(=O)c2ccc(Br)cc2N)c1. The van der Waals surface area contributed by atoms with Crippen LogP contribution in [0.15, 0.2) is 40.9 Å². The highest BCUT2D eigenvalue weighted by atomic mass is 79.9. The van der Waals surface area contributed by atoms with Crippen LogP contribution in [0.3, 0.4) is 0 Å². The molecule has 0 saturated heterocycles. The van der Waals surface area contributed by atoms with E-state index in [0.29, 0.717) is 11.3 Å². The Hall–Kier alpha value is -1.81. The highest BCUT2D eigenvalue weighted by Crippen LogP contribution is 2.21. The van der Waals surface area contributed by atoms with Gasteiger partial charge < -0.3 is 11.1 Å². The van der Waals surface area contributed by atoms with Crippen molar-refractivity contribution in [3.63, 3.8) is 0 Å². The fourth-order valence-corrected chi connectivity index (χ4v) is 2.18. The summed E-state index contributed by atoms with van der Waals surface area (Å²) < 4.78 is 0.855. The molecule has 3 N–H and O–H groups in total. The average molecular weight is 319 g/mol. The van der Waals surface area contributed by atoms with E-state index in [1.54, 1.807) is 18.2 Å². The molecule has 0 unspecified atom stereocenters. The maximum Gasteiger partial charge on any atom is 0.257 e. The van der Waals surface area contributed by atoms with Crippen molar-refractivity contribution in [3.05, 3.63) is 57.6 Å². The molecule has 2 aromatic carbocycles. The van der Waals surface area contributed by atoms with E-state index in [1.807, 2.05) is 32.0 Å². The summed E-state index contributed by atoms with van der Waals surface area (Å²) in [7, 11) is 0. The van der Waals surface area contributed by atoms with E-state index in [9.17, 15) is 4.79 Å². The Bertz CT molecular complexity index is 638. The van der Waals surface area contributed by atoms with E-state index in [0.717, 1.165) is 21.3 Å². The van der Waals surface area contributed by atoms with Crippen LogP contribution in [0, 0.1) is 13.8 Å². The first-order valence-corrected chi connectivity index (χ1v) is 6.70. The zero-order valence-electron chi connectivity index (χ0n) is 10.8. The molecule has 0 aromatic heterocycles. The minimum atomic E-state index is -0.196. The summed E-state index contributed by atoms with van der Waals surface area (Å²) in [6, 6.07) is 11.2. The number of anilines is 2. The summed E-state index contributed by atoms with van der Waals surface area (Å²) in [6.07, 6.45) is 0. The summed E-state index contributed by atoms with van der Waals surface area (Å²) in [5, 5.41) is 2.89.